The topological polar surface area (TPSA) is 46.6 Å². The molecule has 0 bridgehead atoms. The van der Waals surface area contributed by atoms with Gasteiger partial charge in [-0.05, 0) is 43.5 Å². The summed E-state index contributed by atoms with van der Waals surface area (Å²) in [6.07, 6.45) is 1.92. The van der Waals surface area contributed by atoms with Crippen LogP contribution in [0.1, 0.15) is 48.2 Å². The van der Waals surface area contributed by atoms with Crippen LogP contribution >= 0.6 is 0 Å². The number of benzene rings is 1. The molecule has 0 radical (unpaired) electrons. The molecular weight excluding hydrogens is 278 g/mol. The minimum absolute atomic E-state index is 0.0210. The molecule has 1 rings (SSSR count). The fourth-order valence-electron chi connectivity index (χ4n) is 2.29. The SMILES string of the molecule is CCCCN(CC(C)C(=O)OC)C(=O)c1ccc(C)c(C)c1. The fourth-order valence-corrected chi connectivity index (χ4v) is 2.29. The zero-order chi connectivity index (χ0) is 16.7. The Hall–Kier alpha value is -1.84. The van der Waals surface area contributed by atoms with E-state index in [1.165, 1.54) is 12.7 Å². The molecule has 1 atom stereocenters. The molecule has 0 aliphatic heterocycles. The summed E-state index contributed by atoms with van der Waals surface area (Å²) in [5, 5.41) is 0. The number of aryl methyl sites for hydroxylation is 2. The number of carbonyl (C=O) groups excluding carboxylic acids is 2. The molecular formula is C18H27NO3. The Labute approximate surface area is 133 Å². The van der Waals surface area contributed by atoms with Gasteiger partial charge in [0.05, 0.1) is 13.0 Å². The summed E-state index contributed by atoms with van der Waals surface area (Å²) >= 11 is 0. The van der Waals surface area contributed by atoms with E-state index in [0.29, 0.717) is 18.7 Å². The van der Waals surface area contributed by atoms with Crippen molar-refractivity contribution < 1.29 is 14.3 Å². The van der Waals surface area contributed by atoms with E-state index in [1.807, 2.05) is 32.0 Å². The summed E-state index contributed by atoms with van der Waals surface area (Å²) in [4.78, 5) is 26.1. The minimum Gasteiger partial charge on any atom is -0.469 e. The van der Waals surface area contributed by atoms with E-state index in [-0.39, 0.29) is 17.8 Å². The Bertz CT molecular complexity index is 525. The Kier molecular flexibility index (Phi) is 7.09. The summed E-state index contributed by atoms with van der Waals surface area (Å²) in [7, 11) is 1.38. The van der Waals surface area contributed by atoms with Crippen molar-refractivity contribution in [3.8, 4) is 0 Å². The van der Waals surface area contributed by atoms with Gasteiger partial charge in [0.15, 0.2) is 0 Å². The molecule has 4 heteroatoms. The lowest BCUT2D eigenvalue weighted by molar-refractivity contribution is -0.145. The molecule has 0 fully saturated rings. The van der Waals surface area contributed by atoms with Gasteiger partial charge in [0, 0.05) is 18.7 Å². The highest BCUT2D eigenvalue weighted by molar-refractivity contribution is 5.94. The standard InChI is InChI=1S/C18H27NO3/c1-6-7-10-19(12-15(4)18(21)22-5)17(20)16-9-8-13(2)14(3)11-16/h8-9,11,15H,6-7,10,12H2,1-5H3. The molecule has 22 heavy (non-hydrogen) atoms. The van der Waals surface area contributed by atoms with Crippen LogP contribution in [-0.2, 0) is 9.53 Å². The second kappa shape index (κ2) is 8.57. The maximum atomic E-state index is 12.7. The van der Waals surface area contributed by atoms with Crippen LogP contribution in [0.25, 0.3) is 0 Å². The Morgan fingerprint density at radius 3 is 2.45 bits per heavy atom. The second-order valence-electron chi connectivity index (χ2n) is 5.83. The number of ether oxygens (including phenoxy) is 1. The van der Waals surface area contributed by atoms with Crippen LogP contribution in [0.2, 0.25) is 0 Å². The molecule has 0 saturated heterocycles. The third-order valence-electron chi connectivity index (χ3n) is 3.92. The van der Waals surface area contributed by atoms with Gasteiger partial charge in [-0.3, -0.25) is 9.59 Å². The van der Waals surface area contributed by atoms with E-state index in [9.17, 15) is 9.59 Å². The van der Waals surface area contributed by atoms with Crippen LogP contribution in [0, 0.1) is 19.8 Å². The number of hydrogen-bond donors (Lipinski definition) is 0. The van der Waals surface area contributed by atoms with Crippen LogP contribution in [-0.4, -0.2) is 37.0 Å². The van der Waals surface area contributed by atoms with E-state index in [4.69, 9.17) is 4.74 Å². The van der Waals surface area contributed by atoms with E-state index < -0.39 is 0 Å². The van der Waals surface area contributed by atoms with Crippen molar-refractivity contribution in [1.82, 2.24) is 4.90 Å². The van der Waals surface area contributed by atoms with Gasteiger partial charge >= 0.3 is 5.97 Å². The van der Waals surface area contributed by atoms with Gasteiger partial charge in [-0.25, -0.2) is 0 Å². The fraction of sp³-hybridized carbons (Fsp3) is 0.556. The second-order valence-corrected chi connectivity index (χ2v) is 5.83. The minimum atomic E-state index is -0.322. The normalized spacial score (nSPS) is 11.9. The van der Waals surface area contributed by atoms with Crippen LogP contribution in [0.3, 0.4) is 0 Å². The summed E-state index contributed by atoms with van der Waals surface area (Å²) in [6, 6.07) is 5.73. The number of esters is 1. The van der Waals surface area contributed by atoms with Crippen LogP contribution in [0.5, 0.6) is 0 Å². The van der Waals surface area contributed by atoms with Gasteiger partial charge in [-0.1, -0.05) is 26.3 Å². The molecule has 0 aliphatic carbocycles. The summed E-state index contributed by atoms with van der Waals surface area (Å²) in [6.45, 7) is 8.94. The first-order chi connectivity index (χ1) is 10.4. The molecule has 0 N–H and O–H groups in total. The van der Waals surface area contributed by atoms with Crippen molar-refractivity contribution in [2.24, 2.45) is 5.92 Å². The number of amides is 1. The smallest absolute Gasteiger partial charge is 0.310 e. The summed E-state index contributed by atoms with van der Waals surface area (Å²) in [5.74, 6) is -0.626. The molecule has 0 heterocycles. The lowest BCUT2D eigenvalue weighted by Crippen LogP contribution is -2.38. The van der Waals surface area contributed by atoms with Crippen molar-refractivity contribution >= 4 is 11.9 Å². The zero-order valence-electron chi connectivity index (χ0n) is 14.3. The van der Waals surface area contributed by atoms with Crippen molar-refractivity contribution in [3.05, 3.63) is 34.9 Å². The largest absolute Gasteiger partial charge is 0.469 e. The summed E-state index contributed by atoms with van der Waals surface area (Å²) < 4.78 is 4.76. The van der Waals surface area contributed by atoms with E-state index in [2.05, 4.69) is 6.92 Å². The summed E-state index contributed by atoms with van der Waals surface area (Å²) in [5.41, 5.74) is 2.94. The Morgan fingerprint density at radius 2 is 1.91 bits per heavy atom. The number of hydrogen-bond acceptors (Lipinski definition) is 3. The van der Waals surface area contributed by atoms with Crippen molar-refractivity contribution in [2.45, 2.75) is 40.5 Å². The third kappa shape index (κ3) is 4.86. The molecule has 1 aromatic carbocycles. The molecule has 1 aromatic rings. The molecule has 0 saturated carbocycles. The van der Waals surface area contributed by atoms with Gasteiger partial charge in [-0.15, -0.1) is 0 Å². The van der Waals surface area contributed by atoms with E-state index in [0.717, 1.165) is 18.4 Å². The monoisotopic (exact) mass is 305 g/mol. The molecule has 122 valence electrons. The third-order valence-corrected chi connectivity index (χ3v) is 3.92. The average molecular weight is 305 g/mol. The van der Waals surface area contributed by atoms with E-state index in [1.54, 1.807) is 11.8 Å². The van der Waals surface area contributed by atoms with Crippen molar-refractivity contribution in [3.63, 3.8) is 0 Å². The highest BCUT2D eigenvalue weighted by Crippen LogP contribution is 2.14. The van der Waals surface area contributed by atoms with Gasteiger partial charge in [-0.2, -0.15) is 0 Å². The highest BCUT2D eigenvalue weighted by atomic mass is 16.5. The quantitative estimate of drug-likeness (QED) is 0.726. The van der Waals surface area contributed by atoms with Crippen molar-refractivity contribution in [2.75, 3.05) is 20.2 Å². The first kappa shape index (κ1) is 18.2. The predicted molar refractivity (Wildman–Crippen MR) is 87.9 cm³/mol. The van der Waals surface area contributed by atoms with Gasteiger partial charge in [0.25, 0.3) is 5.91 Å². The maximum Gasteiger partial charge on any atom is 0.310 e. The average Bonchev–Trinajstić information content (AvgIpc) is 2.52. The predicted octanol–water partition coefficient (Wildman–Crippen LogP) is 3.35. The van der Waals surface area contributed by atoms with Crippen LogP contribution in [0.15, 0.2) is 18.2 Å². The van der Waals surface area contributed by atoms with E-state index >= 15 is 0 Å². The Balaban J connectivity index is 2.91. The molecule has 4 nitrogen and oxygen atoms in total. The number of rotatable bonds is 7. The molecule has 0 aromatic heterocycles. The lowest BCUT2D eigenvalue weighted by Gasteiger charge is -2.25. The highest BCUT2D eigenvalue weighted by Gasteiger charge is 2.22. The van der Waals surface area contributed by atoms with Crippen molar-refractivity contribution in [1.29, 1.82) is 0 Å². The van der Waals surface area contributed by atoms with Crippen LogP contribution < -0.4 is 0 Å². The first-order valence-electron chi connectivity index (χ1n) is 7.85. The number of nitrogens with zero attached hydrogens (tertiary/aromatic N) is 1. The molecule has 0 spiro atoms. The zero-order valence-corrected chi connectivity index (χ0v) is 14.3. The molecule has 1 unspecified atom stereocenters. The molecule has 0 aliphatic rings. The number of methoxy groups -OCH3 is 1. The maximum absolute atomic E-state index is 12.7. The van der Waals surface area contributed by atoms with Gasteiger partial charge < -0.3 is 9.64 Å². The van der Waals surface area contributed by atoms with Gasteiger partial charge in [0.2, 0.25) is 0 Å². The lowest BCUT2D eigenvalue weighted by atomic mass is 10.0. The molecule has 1 amide bonds. The first-order valence-corrected chi connectivity index (χ1v) is 7.85. The Morgan fingerprint density at radius 1 is 1.23 bits per heavy atom. The van der Waals surface area contributed by atoms with Crippen LogP contribution in [0.4, 0.5) is 0 Å². The number of unbranched alkanes of at least 4 members (excludes halogenated alkanes) is 1. The van der Waals surface area contributed by atoms with Gasteiger partial charge in [0.1, 0.15) is 0 Å². The number of carbonyl (C=O) groups is 2.